The van der Waals surface area contributed by atoms with Crippen molar-refractivity contribution in [3.8, 4) is 17.2 Å². The summed E-state index contributed by atoms with van der Waals surface area (Å²) in [6.07, 6.45) is -0.189. The number of methoxy groups -OCH3 is 3. The Morgan fingerprint density at radius 3 is 2.28 bits per heavy atom. The average molecular weight is 255 g/mol. The summed E-state index contributed by atoms with van der Waals surface area (Å²) >= 11 is 0. The van der Waals surface area contributed by atoms with Crippen molar-refractivity contribution in [2.24, 2.45) is 0 Å². The second-order valence-electron chi connectivity index (χ2n) is 3.70. The van der Waals surface area contributed by atoms with Gasteiger partial charge < -0.3 is 29.8 Å². The Bertz CT molecular complexity index is 433. The number of hydrogen-bond donors (Lipinski definition) is 1. The SMILES string of the molecule is COc1ccc([C@H]([NH3+])CC(=O)[O-])c(OC)c1OC. The molecule has 6 heteroatoms. The number of aliphatic carboxylic acids is 1. The van der Waals surface area contributed by atoms with Crippen molar-refractivity contribution < 1.29 is 29.8 Å². The van der Waals surface area contributed by atoms with Crippen LogP contribution in [0, 0.1) is 0 Å². The summed E-state index contributed by atoms with van der Waals surface area (Å²) in [7, 11) is 4.48. The van der Waals surface area contributed by atoms with E-state index >= 15 is 0 Å². The van der Waals surface area contributed by atoms with Crippen LogP contribution in [0.2, 0.25) is 0 Å². The topological polar surface area (TPSA) is 95.5 Å². The zero-order chi connectivity index (χ0) is 13.7. The highest BCUT2D eigenvalue weighted by Crippen LogP contribution is 2.41. The molecule has 1 rings (SSSR count). The predicted octanol–water partition coefficient (Wildman–Crippen LogP) is -0.865. The smallest absolute Gasteiger partial charge is 0.203 e. The van der Waals surface area contributed by atoms with Crippen LogP contribution < -0.4 is 25.1 Å². The molecule has 0 unspecified atom stereocenters. The number of quaternary nitrogens is 1. The molecule has 6 nitrogen and oxygen atoms in total. The zero-order valence-electron chi connectivity index (χ0n) is 10.7. The summed E-state index contributed by atoms with van der Waals surface area (Å²) in [6.45, 7) is 0. The molecule has 1 aromatic carbocycles. The molecule has 0 radical (unpaired) electrons. The first-order chi connectivity index (χ1) is 8.54. The fourth-order valence-corrected chi connectivity index (χ4v) is 1.76. The Morgan fingerprint density at radius 2 is 1.83 bits per heavy atom. The van der Waals surface area contributed by atoms with Gasteiger partial charge in [-0.1, -0.05) is 0 Å². The van der Waals surface area contributed by atoms with Crippen molar-refractivity contribution in [1.29, 1.82) is 0 Å². The number of carbonyl (C=O) groups excluding carboxylic acids is 1. The van der Waals surface area contributed by atoms with Crippen LogP contribution in [0.5, 0.6) is 17.2 Å². The van der Waals surface area contributed by atoms with E-state index in [2.05, 4.69) is 5.73 Å². The number of carboxylic acid groups (broad SMARTS) is 1. The molecule has 0 aromatic heterocycles. The average Bonchev–Trinajstić information content (AvgIpc) is 2.35. The third kappa shape index (κ3) is 2.84. The molecule has 0 spiro atoms. The molecule has 100 valence electrons. The molecule has 0 aliphatic heterocycles. The predicted molar refractivity (Wildman–Crippen MR) is 61.4 cm³/mol. The zero-order valence-corrected chi connectivity index (χ0v) is 10.7. The van der Waals surface area contributed by atoms with Gasteiger partial charge in [0.1, 0.15) is 6.04 Å². The monoisotopic (exact) mass is 255 g/mol. The van der Waals surface area contributed by atoms with E-state index < -0.39 is 12.0 Å². The lowest BCUT2D eigenvalue weighted by Crippen LogP contribution is -2.55. The van der Waals surface area contributed by atoms with Gasteiger partial charge in [-0.2, -0.15) is 0 Å². The molecule has 3 N–H and O–H groups in total. The minimum Gasteiger partial charge on any atom is -0.550 e. The Morgan fingerprint density at radius 1 is 1.22 bits per heavy atom. The standard InChI is InChI=1S/C12H17NO5/c1-16-9-5-4-7(8(13)6-10(14)15)11(17-2)12(9)18-3/h4-5,8H,6,13H2,1-3H3,(H,14,15)/t8-/m1/s1. The lowest BCUT2D eigenvalue weighted by atomic mass is 10.0. The van der Waals surface area contributed by atoms with Gasteiger partial charge in [0, 0.05) is 12.4 Å². The fourth-order valence-electron chi connectivity index (χ4n) is 1.76. The summed E-state index contributed by atoms with van der Waals surface area (Å²) in [5.74, 6) is 0.202. The van der Waals surface area contributed by atoms with Crippen molar-refractivity contribution in [3.63, 3.8) is 0 Å². The Labute approximate surface area is 105 Å². The van der Waals surface area contributed by atoms with Crippen molar-refractivity contribution in [3.05, 3.63) is 17.7 Å². The first-order valence-corrected chi connectivity index (χ1v) is 5.36. The minimum absolute atomic E-state index is 0.189. The molecule has 0 aliphatic carbocycles. The van der Waals surface area contributed by atoms with E-state index in [0.29, 0.717) is 22.8 Å². The maximum Gasteiger partial charge on any atom is 0.203 e. The van der Waals surface area contributed by atoms with Crippen LogP contribution in [0.1, 0.15) is 18.0 Å². The van der Waals surface area contributed by atoms with E-state index in [0.717, 1.165) is 0 Å². The second kappa shape index (κ2) is 6.11. The van der Waals surface area contributed by atoms with E-state index in [1.54, 1.807) is 12.1 Å². The van der Waals surface area contributed by atoms with E-state index in [4.69, 9.17) is 14.2 Å². The van der Waals surface area contributed by atoms with Crippen LogP contribution in [0.25, 0.3) is 0 Å². The fraction of sp³-hybridized carbons (Fsp3) is 0.417. The van der Waals surface area contributed by atoms with Crippen molar-refractivity contribution in [2.45, 2.75) is 12.5 Å². The second-order valence-corrected chi connectivity index (χ2v) is 3.70. The van der Waals surface area contributed by atoms with Crippen LogP contribution >= 0.6 is 0 Å². The molecule has 0 heterocycles. The summed E-state index contributed by atoms with van der Waals surface area (Å²) in [5, 5.41) is 10.6. The van der Waals surface area contributed by atoms with Gasteiger partial charge in [-0.15, -0.1) is 0 Å². The number of carboxylic acids is 1. The van der Waals surface area contributed by atoms with E-state index in [9.17, 15) is 9.90 Å². The van der Waals surface area contributed by atoms with Crippen LogP contribution in [-0.4, -0.2) is 27.3 Å². The van der Waals surface area contributed by atoms with Gasteiger partial charge in [0.25, 0.3) is 0 Å². The largest absolute Gasteiger partial charge is 0.550 e. The molecule has 18 heavy (non-hydrogen) atoms. The third-order valence-corrected chi connectivity index (χ3v) is 2.59. The van der Waals surface area contributed by atoms with Crippen LogP contribution in [0.15, 0.2) is 12.1 Å². The number of benzene rings is 1. The number of carbonyl (C=O) groups is 1. The maximum atomic E-state index is 10.6. The molecule has 0 saturated carbocycles. The molecule has 1 aromatic rings. The number of hydrogen-bond acceptors (Lipinski definition) is 5. The van der Waals surface area contributed by atoms with Gasteiger partial charge in [0.2, 0.25) is 5.75 Å². The molecule has 1 atom stereocenters. The molecule has 0 amide bonds. The Kier molecular flexibility index (Phi) is 4.79. The minimum atomic E-state index is -1.16. The summed E-state index contributed by atoms with van der Waals surface area (Å²) < 4.78 is 15.6. The lowest BCUT2D eigenvalue weighted by molar-refractivity contribution is -0.430. The maximum absolute atomic E-state index is 10.6. The highest BCUT2D eigenvalue weighted by atomic mass is 16.5. The van der Waals surface area contributed by atoms with Crippen molar-refractivity contribution in [2.75, 3.05) is 21.3 Å². The molecule has 0 aliphatic rings. The molecule has 0 bridgehead atoms. The lowest BCUT2D eigenvalue weighted by Gasteiger charge is -2.18. The highest BCUT2D eigenvalue weighted by Gasteiger charge is 2.22. The van der Waals surface area contributed by atoms with Gasteiger partial charge in [0.05, 0.1) is 26.9 Å². The highest BCUT2D eigenvalue weighted by molar-refractivity contribution is 5.66. The van der Waals surface area contributed by atoms with Gasteiger partial charge in [-0.3, -0.25) is 0 Å². The van der Waals surface area contributed by atoms with E-state index in [1.165, 1.54) is 21.3 Å². The van der Waals surface area contributed by atoms with Crippen LogP contribution in [0.3, 0.4) is 0 Å². The third-order valence-electron chi connectivity index (χ3n) is 2.59. The Balaban J connectivity index is 3.23. The van der Waals surface area contributed by atoms with E-state index in [-0.39, 0.29) is 6.42 Å². The van der Waals surface area contributed by atoms with E-state index in [1.807, 2.05) is 0 Å². The normalized spacial score (nSPS) is 11.8. The molecular weight excluding hydrogens is 238 g/mol. The number of rotatable bonds is 6. The summed E-state index contributed by atoms with van der Waals surface area (Å²) in [4.78, 5) is 10.6. The van der Waals surface area contributed by atoms with Crippen molar-refractivity contribution >= 4 is 5.97 Å². The van der Waals surface area contributed by atoms with Gasteiger partial charge in [-0.05, 0) is 12.1 Å². The number of ether oxygens (including phenoxy) is 3. The van der Waals surface area contributed by atoms with Crippen LogP contribution in [0.4, 0.5) is 0 Å². The van der Waals surface area contributed by atoms with Crippen molar-refractivity contribution in [1.82, 2.24) is 0 Å². The summed E-state index contributed by atoms with van der Waals surface area (Å²) in [6, 6.07) is 2.91. The van der Waals surface area contributed by atoms with Gasteiger partial charge in [0.15, 0.2) is 11.5 Å². The Hall–Kier alpha value is -1.95. The summed E-state index contributed by atoms with van der Waals surface area (Å²) in [5.41, 5.74) is 4.43. The quantitative estimate of drug-likeness (QED) is 0.713. The molecule has 0 fully saturated rings. The molecule has 0 saturated heterocycles. The molecular formula is C12H17NO5. The first kappa shape index (κ1) is 14.1. The van der Waals surface area contributed by atoms with Gasteiger partial charge >= 0.3 is 0 Å². The van der Waals surface area contributed by atoms with Gasteiger partial charge in [-0.25, -0.2) is 0 Å². The van der Waals surface area contributed by atoms with Crippen LogP contribution in [-0.2, 0) is 4.79 Å². The first-order valence-electron chi connectivity index (χ1n) is 5.36.